The molecule has 1 fully saturated rings. The number of likely N-dealkylation sites (N-methyl/N-ethyl adjacent to an activating group) is 1. The Labute approximate surface area is 117 Å². The van der Waals surface area contributed by atoms with Gasteiger partial charge in [-0.05, 0) is 38.1 Å². The molecule has 0 aliphatic heterocycles. The Bertz CT molecular complexity index is 400. The highest BCUT2D eigenvalue weighted by Gasteiger charge is 2.29. The van der Waals surface area contributed by atoms with Crippen LogP contribution in [0.1, 0.15) is 51.1 Å². The minimum absolute atomic E-state index is 0.0636. The minimum atomic E-state index is 0.0636. The molecule has 0 bridgehead atoms. The number of hydrogen-bond acceptors (Lipinski definition) is 3. The third kappa shape index (κ3) is 3.80. The quantitative estimate of drug-likeness (QED) is 0.908. The van der Waals surface area contributed by atoms with E-state index in [0.29, 0.717) is 11.5 Å². The topological polar surface area (TPSA) is 47.1 Å². The second-order valence-electron chi connectivity index (χ2n) is 6.89. The molecule has 108 valence electrons. The van der Waals surface area contributed by atoms with Crippen molar-refractivity contribution in [2.75, 3.05) is 13.6 Å². The molecule has 1 saturated carbocycles. The third-order valence-corrected chi connectivity index (χ3v) is 4.57. The highest BCUT2D eigenvalue weighted by atomic mass is 15.2. The lowest BCUT2D eigenvalue weighted by Gasteiger charge is -2.39. The number of aryl methyl sites for hydroxylation is 1. The fraction of sp³-hybridized carbons (Fsp3) is 0.800. The van der Waals surface area contributed by atoms with Gasteiger partial charge in [0.1, 0.15) is 0 Å². The zero-order chi connectivity index (χ0) is 14.0. The van der Waals surface area contributed by atoms with E-state index in [1.807, 2.05) is 24.1 Å². The van der Waals surface area contributed by atoms with Gasteiger partial charge in [-0.3, -0.25) is 4.68 Å². The monoisotopic (exact) mass is 264 g/mol. The number of rotatable bonds is 4. The zero-order valence-corrected chi connectivity index (χ0v) is 12.8. The third-order valence-electron chi connectivity index (χ3n) is 4.57. The van der Waals surface area contributed by atoms with E-state index < -0.39 is 0 Å². The number of nitrogens with zero attached hydrogens (tertiary/aromatic N) is 3. The Balaban J connectivity index is 1.86. The van der Waals surface area contributed by atoms with Crippen molar-refractivity contribution in [1.29, 1.82) is 0 Å². The molecule has 0 spiro atoms. The first-order valence-electron chi connectivity index (χ1n) is 7.32. The molecule has 0 aromatic carbocycles. The van der Waals surface area contributed by atoms with Crippen molar-refractivity contribution < 1.29 is 0 Å². The van der Waals surface area contributed by atoms with Gasteiger partial charge < -0.3 is 10.6 Å². The molecule has 1 aromatic heterocycles. The molecule has 2 rings (SSSR count). The Morgan fingerprint density at radius 3 is 2.63 bits per heavy atom. The SMILES string of the molecule is CN(CC(N)c1cnn(C)c1)C1CCC(C)(C)CC1. The van der Waals surface area contributed by atoms with Gasteiger partial charge in [0.2, 0.25) is 0 Å². The maximum Gasteiger partial charge on any atom is 0.0537 e. The van der Waals surface area contributed by atoms with Crippen LogP contribution in [-0.4, -0.2) is 34.3 Å². The predicted octanol–water partition coefficient (Wildman–Crippen LogP) is 2.32. The lowest BCUT2D eigenvalue weighted by molar-refractivity contribution is 0.123. The summed E-state index contributed by atoms with van der Waals surface area (Å²) in [4.78, 5) is 2.44. The summed E-state index contributed by atoms with van der Waals surface area (Å²) in [7, 11) is 4.14. The lowest BCUT2D eigenvalue weighted by Crippen LogP contribution is -2.40. The van der Waals surface area contributed by atoms with Gasteiger partial charge in [-0.15, -0.1) is 0 Å². The molecule has 1 aliphatic rings. The van der Waals surface area contributed by atoms with Gasteiger partial charge in [0, 0.05) is 37.4 Å². The summed E-state index contributed by atoms with van der Waals surface area (Å²) in [5, 5.41) is 4.19. The van der Waals surface area contributed by atoms with Gasteiger partial charge >= 0.3 is 0 Å². The average molecular weight is 264 g/mol. The summed E-state index contributed by atoms with van der Waals surface area (Å²) in [5.41, 5.74) is 7.93. The summed E-state index contributed by atoms with van der Waals surface area (Å²) >= 11 is 0. The standard InChI is InChI=1S/C15H28N4/c1-15(2)7-5-13(6-8-15)18(3)11-14(16)12-9-17-19(4)10-12/h9-10,13-14H,5-8,11,16H2,1-4H3. The first-order valence-corrected chi connectivity index (χ1v) is 7.32. The summed E-state index contributed by atoms with van der Waals surface area (Å²) in [6, 6.07) is 0.754. The Hall–Kier alpha value is -0.870. The van der Waals surface area contributed by atoms with Gasteiger partial charge in [-0.1, -0.05) is 13.8 Å². The minimum Gasteiger partial charge on any atom is -0.323 e. The normalized spacial score (nSPS) is 21.8. The largest absolute Gasteiger partial charge is 0.323 e. The first-order chi connectivity index (χ1) is 8.87. The molecule has 1 aliphatic carbocycles. The Morgan fingerprint density at radius 2 is 2.11 bits per heavy atom. The smallest absolute Gasteiger partial charge is 0.0537 e. The lowest BCUT2D eigenvalue weighted by atomic mass is 9.75. The van der Waals surface area contributed by atoms with E-state index in [2.05, 4.69) is 30.9 Å². The summed E-state index contributed by atoms with van der Waals surface area (Å²) < 4.78 is 1.82. The zero-order valence-electron chi connectivity index (χ0n) is 12.8. The van der Waals surface area contributed by atoms with E-state index in [9.17, 15) is 0 Å². The van der Waals surface area contributed by atoms with Crippen molar-refractivity contribution in [3.8, 4) is 0 Å². The first kappa shape index (κ1) is 14.5. The van der Waals surface area contributed by atoms with Crippen molar-refractivity contribution in [3.05, 3.63) is 18.0 Å². The molecule has 1 heterocycles. The van der Waals surface area contributed by atoms with Crippen LogP contribution in [0.5, 0.6) is 0 Å². The maximum atomic E-state index is 6.27. The molecule has 4 heteroatoms. The molecule has 4 nitrogen and oxygen atoms in total. The highest BCUT2D eigenvalue weighted by Crippen LogP contribution is 2.36. The fourth-order valence-electron chi connectivity index (χ4n) is 3.02. The molecule has 1 aromatic rings. The number of hydrogen-bond donors (Lipinski definition) is 1. The van der Waals surface area contributed by atoms with Crippen LogP contribution in [-0.2, 0) is 7.05 Å². The van der Waals surface area contributed by atoms with Gasteiger partial charge in [0.15, 0.2) is 0 Å². The molecular weight excluding hydrogens is 236 g/mol. The van der Waals surface area contributed by atoms with Crippen molar-refractivity contribution in [2.45, 2.75) is 51.6 Å². The van der Waals surface area contributed by atoms with Crippen molar-refractivity contribution in [2.24, 2.45) is 18.2 Å². The second kappa shape index (κ2) is 5.63. The van der Waals surface area contributed by atoms with E-state index in [1.54, 1.807) is 0 Å². The van der Waals surface area contributed by atoms with E-state index in [-0.39, 0.29) is 6.04 Å². The molecule has 1 atom stereocenters. The van der Waals surface area contributed by atoms with Gasteiger partial charge in [-0.25, -0.2) is 0 Å². The molecule has 2 N–H and O–H groups in total. The number of aromatic nitrogens is 2. The van der Waals surface area contributed by atoms with Crippen molar-refractivity contribution in [3.63, 3.8) is 0 Å². The molecule has 19 heavy (non-hydrogen) atoms. The van der Waals surface area contributed by atoms with Crippen LogP contribution in [0.2, 0.25) is 0 Å². The van der Waals surface area contributed by atoms with Gasteiger partial charge in [0.25, 0.3) is 0 Å². The van der Waals surface area contributed by atoms with Crippen LogP contribution in [0.25, 0.3) is 0 Å². The van der Waals surface area contributed by atoms with Crippen LogP contribution in [0.4, 0.5) is 0 Å². The average Bonchev–Trinajstić information content (AvgIpc) is 2.75. The molecule has 0 amide bonds. The van der Waals surface area contributed by atoms with E-state index in [0.717, 1.165) is 12.1 Å². The summed E-state index contributed by atoms with van der Waals surface area (Å²) in [6.07, 6.45) is 9.13. The Morgan fingerprint density at radius 1 is 1.47 bits per heavy atom. The summed E-state index contributed by atoms with van der Waals surface area (Å²) in [6.45, 7) is 5.67. The van der Waals surface area contributed by atoms with Crippen LogP contribution in [0, 0.1) is 5.41 Å². The van der Waals surface area contributed by atoms with Crippen LogP contribution >= 0.6 is 0 Å². The van der Waals surface area contributed by atoms with Crippen LogP contribution in [0.3, 0.4) is 0 Å². The molecule has 0 radical (unpaired) electrons. The van der Waals surface area contributed by atoms with Crippen molar-refractivity contribution >= 4 is 0 Å². The van der Waals surface area contributed by atoms with E-state index in [1.165, 1.54) is 25.7 Å². The molecular formula is C15H28N4. The maximum absolute atomic E-state index is 6.27. The number of nitrogens with two attached hydrogens (primary N) is 1. The van der Waals surface area contributed by atoms with Crippen molar-refractivity contribution in [1.82, 2.24) is 14.7 Å². The van der Waals surface area contributed by atoms with Gasteiger partial charge in [0.05, 0.1) is 6.20 Å². The fourth-order valence-corrected chi connectivity index (χ4v) is 3.02. The molecule has 0 saturated heterocycles. The van der Waals surface area contributed by atoms with Crippen LogP contribution in [0.15, 0.2) is 12.4 Å². The van der Waals surface area contributed by atoms with E-state index >= 15 is 0 Å². The predicted molar refractivity (Wildman–Crippen MR) is 78.8 cm³/mol. The second-order valence-corrected chi connectivity index (χ2v) is 6.89. The van der Waals surface area contributed by atoms with E-state index in [4.69, 9.17) is 5.73 Å². The molecule has 1 unspecified atom stereocenters. The Kier molecular flexibility index (Phi) is 4.31. The van der Waals surface area contributed by atoms with Crippen LogP contribution < -0.4 is 5.73 Å². The summed E-state index contributed by atoms with van der Waals surface area (Å²) in [5.74, 6) is 0. The van der Waals surface area contributed by atoms with Gasteiger partial charge in [-0.2, -0.15) is 5.10 Å². The highest BCUT2D eigenvalue weighted by molar-refractivity contribution is 5.10.